The first-order valence-corrected chi connectivity index (χ1v) is 15.6. The predicted molar refractivity (Wildman–Crippen MR) is 151 cm³/mol. The molecule has 1 aromatic carbocycles. The number of amides is 3. The third-order valence-electron chi connectivity index (χ3n) is 7.34. The molecular formula is C28H42N4O8S. The van der Waals surface area contributed by atoms with E-state index in [1.165, 1.54) is 4.90 Å². The van der Waals surface area contributed by atoms with Crippen molar-refractivity contribution in [2.45, 2.75) is 88.8 Å². The Bertz CT molecular complexity index is 1190. The van der Waals surface area contributed by atoms with Crippen molar-refractivity contribution in [3.05, 3.63) is 35.9 Å². The first-order valence-electron chi connectivity index (χ1n) is 14.0. The quantitative estimate of drug-likeness (QED) is 0.418. The van der Waals surface area contributed by atoms with Crippen molar-refractivity contribution in [3.63, 3.8) is 0 Å². The molecule has 3 amide bonds. The van der Waals surface area contributed by atoms with Crippen LogP contribution in [0.15, 0.2) is 30.3 Å². The van der Waals surface area contributed by atoms with Gasteiger partial charge in [0.15, 0.2) is 0 Å². The van der Waals surface area contributed by atoms with Crippen LogP contribution < -0.4 is 4.72 Å². The fraction of sp³-hybridized carbons (Fsp3) is 0.643. The molecule has 13 heteroatoms. The van der Waals surface area contributed by atoms with Gasteiger partial charge in [0.1, 0.15) is 17.7 Å². The van der Waals surface area contributed by atoms with Gasteiger partial charge in [-0.1, -0.05) is 30.3 Å². The van der Waals surface area contributed by atoms with Crippen LogP contribution in [0.4, 0.5) is 4.79 Å². The molecule has 2 atom stereocenters. The molecule has 228 valence electrons. The first kappa shape index (κ1) is 32.3. The van der Waals surface area contributed by atoms with Crippen LogP contribution in [0.2, 0.25) is 0 Å². The average Bonchev–Trinajstić information content (AvgIpc) is 3.40. The normalized spacial score (nSPS) is 19.1. The van der Waals surface area contributed by atoms with Gasteiger partial charge in [-0.05, 0) is 58.4 Å². The van der Waals surface area contributed by atoms with Crippen LogP contribution in [-0.2, 0) is 34.9 Å². The summed E-state index contributed by atoms with van der Waals surface area (Å²) in [5.41, 5.74) is -0.0686. The summed E-state index contributed by atoms with van der Waals surface area (Å²) in [6, 6.07) is 6.06. The Morgan fingerprint density at radius 3 is 2.29 bits per heavy atom. The van der Waals surface area contributed by atoms with E-state index in [2.05, 4.69) is 4.72 Å². The molecule has 2 unspecified atom stereocenters. The molecule has 0 saturated carbocycles. The monoisotopic (exact) mass is 594 g/mol. The number of hydrogen-bond acceptors (Lipinski definition) is 7. The topological polar surface area (TPSA) is 154 Å². The minimum absolute atomic E-state index is 0.112. The zero-order chi connectivity index (χ0) is 30.4. The number of carbonyl (C=O) groups is 4. The number of nitrogens with one attached hydrogen (secondary N) is 1. The number of carbonyl (C=O) groups excluding carboxylic acids is 3. The fourth-order valence-electron chi connectivity index (χ4n) is 5.18. The average molecular weight is 595 g/mol. The summed E-state index contributed by atoms with van der Waals surface area (Å²) in [6.07, 6.45) is 1.28. The highest BCUT2D eigenvalue weighted by Gasteiger charge is 2.39. The molecule has 0 radical (unpaired) electrons. The van der Waals surface area contributed by atoms with Crippen molar-refractivity contribution < 1.29 is 37.4 Å². The number of hydrogen-bond donors (Lipinski definition) is 2. The second kappa shape index (κ2) is 13.6. The first-order chi connectivity index (χ1) is 19.2. The van der Waals surface area contributed by atoms with E-state index in [4.69, 9.17) is 4.74 Å². The van der Waals surface area contributed by atoms with Crippen LogP contribution >= 0.6 is 0 Å². The van der Waals surface area contributed by atoms with Gasteiger partial charge in [0, 0.05) is 39.1 Å². The number of carboxylic acids is 1. The van der Waals surface area contributed by atoms with Crippen LogP contribution in [-0.4, -0.2) is 103 Å². The second-order valence-corrected chi connectivity index (χ2v) is 13.4. The maximum absolute atomic E-state index is 13.4. The van der Waals surface area contributed by atoms with Crippen LogP contribution in [0.3, 0.4) is 0 Å². The number of rotatable bonds is 10. The van der Waals surface area contributed by atoms with Crippen molar-refractivity contribution in [1.29, 1.82) is 0 Å². The number of benzene rings is 1. The highest BCUT2D eigenvalue weighted by molar-refractivity contribution is 7.88. The van der Waals surface area contributed by atoms with Crippen LogP contribution in [0, 0.1) is 0 Å². The van der Waals surface area contributed by atoms with Crippen LogP contribution in [0.25, 0.3) is 0 Å². The molecule has 0 aliphatic carbocycles. The summed E-state index contributed by atoms with van der Waals surface area (Å²) in [5.74, 6) is -2.41. The molecule has 0 spiro atoms. The van der Waals surface area contributed by atoms with Gasteiger partial charge in [-0.25, -0.2) is 22.7 Å². The molecule has 41 heavy (non-hydrogen) atoms. The minimum Gasteiger partial charge on any atom is -0.480 e. The molecule has 3 rings (SSSR count). The second-order valence-electron chi connectivity index (χ2n) is 11.7. The summed E-state index contributed by atoms with van der Waals surface area (Å²) >= 11 is 0. The molecule has 0 aromatic heterocycles. The molecule has 0 bridgehead atoms. The van der Waals surface area contributed by atoms with Gasteiger partial charge in [0.2, 0.25) is 21.8 Å². The number of sulfonamides is 1. The van der Waals surface area contributed by atoms with Crippen molar-refractivity contribution in [2.24, 2.45) is 0 Å². The van der Waals surface area contributed by atoms with Gasteiger partial charge in [0.05, 0.1) is 5.75 Å². The number of piperidine rings is 1. The lowest BCUT2D eigenvalue weighted by atomic mass is 10.0. The van der Waals surface area contributed by atoms with E-state index in [0.717, 1.165) is 0 Å². The lowest BCUT2D eigenvalue weighted by molar-refractivity contribution is -0.149. The van der Waals surface area contributed by atoms with Gasteiger partial charge >= 0.3 is 12.1 Å². The summed E-state index contributed by atoms with van der Waals surface area (Å²) in [5, 5.41) is 9.56. The summed E-state index contributed by atoms with van der Waals surface area (Å²) in [6.45, 7) is 6.48. The van der Waals surface area contributed by atoms with E-state index in [-0.39, 0.29) is 43.5 Å². The number of aliphatic carboxylic acids is 1. The van der Waals surface area contributed by atoms with Gasteiger partial charge in [0.25, 0.3) is 0 Å². The zero-order valence-electron chi connectivity index (χ0n) is 24.2. The molecule has 2 saturated heterocycles. The van der Waals surface area contributed by atoms with E-state index in [1.807, 2.05) is 0 Å². The lowest BCUT2D eigenvalue weighted by Gasteiger charge is -2.37. The molecule has 1 aromatic rings. The van der Waals surface area contributed by atoms with E-state index in [9.17, 15) is 32.7 Å². The van der Waals surface area contributed by atoms with Crippen molar-refractivity contribution in [2.75, 3.05) is 26.7 Å². The number of carboxylic acid groups (broad SMARTS) is 1. The van der Waals surface area contributed by atoms with Crippen molar-refractivity contribution in [1.82, 2.24) is 19.4 Å². The Labute approximate surface area is 242 Å². The Kier molecular flexibility index (Phi) is 10.8. The summed E-state index contributed by atoms with van der Waals surface area (Å²) < 4.78 is 33.9. The van der Waals surface area contributed by atoms with Crippen LogP contribution in [0.5, 0.6) is 0 Å². The summed E-state index contributed by atoms with van der Waals surface area (Å²) in [7, 11) is -2.32. The van der Waals surface area contributed by atoms with E-state index >= 15 is 0 Å². The molecule has 2 fully saturated rings. The molecular weight excluding hydrogens is 552 g/mol. The third kappa shape index (κ3) is 9.42. The summed E-state index contributed by atoms with van der Waals surface area (Å²) in [4.78, 5) is 55.0. The van der Waals surface area contributed by atoms with E-state index < -0.39 is 45.7 Å². The maximum atomic E-state index is 13.4. The Morgan fingerprint density at radius 1 is 1.07 bits per heavy atom. The standard InChI is InChI=1S/C28H42N4O8S/c1-28(2,3)40-27(37)31-17-14-21(15-18-31)30(4)24(33)13-12-22(25(34)32-16-8-11-23(32)26(35)36)29-41(38,39)19-20-9-6-5-7-10-20/h5-7,9-10,21-23,29H,8,11-19H2,1-4H3,(H,35,36). The fourth-order valence-corrected chi connectivity index (χ4v) is 6.55. The maximum Gasteiger partial charge on any atom is 0.410 e. The minimum atomic E-state index is -3.98. The third-order valence-corrected chi connectivity index (χ3v) is 8.70. The number of likely N-dealkylation sites (tertiary alicyclic amines) is 2. The van der Waals surface area contributed by atoms with Crippen LogP contribution in [0.1, 0.15) is 64.9 Å². The molecule has 2 aliphatic rings. The SMILES string of the molecule is CN(C(=O)CCC(NS(=O)(=O)Cc1ccccc1)C(=O)N1CCCC1C(=O)O)C1CCN(C(=O)OC(C)(C)C)CC1. The Hall–Kier alpha value is -3.19. The number of ether oxygens (including phenoxy) is 1. The lowest BCUT2D eigenvalue weighted by Crippen LogP contribution is -2.52. The highest BCUT2D eigenvalue weighted by atomic mass is 32.2. The van der Waals surface area contributed by atoms with Gasteiger partial charge in [-0.2, -0.15) is 0 Å². The largest absolute Gasteiger partial charge is 0.480 e. The molecule has 12 nitrogen and oxygen atoms in total. The number of nitrogens with zero attached hydrogens (tertiary/aromatic N) is 3. The van der Waals surface area contributed by atoms with Gasteiger partial charge < -0.3 is 24.5 Å². The van der Waals surface area contributed by atoms with Gasteiger partial charge in [-0.3, -0.25) is 9.59 Å². The molecule has 2 heterocycles. The Balaban J connectivity index is 1.64. The Morgan fingerprint density at radius 2 is 1.71 bits per heavy atom. The van der Waals surface area contributed by atoms with E-state index in [0.29, 0.717) is 37.9 Å². The van der Waals surface area contributed by atoms with Crippen molar-refractivity contribution in [3.8, 4) is 0 Å². The highest BCUT2D eigenvalue weighted by Crippen LogP contribution is 2.22. The van der Waals surface area contributed by atoms with Gasteiger partial charge in [-0.15, -0.1) is 0 Å². The smallest absolute Gasteiger partial charge is 0.410 e. The predicted octanol–water partition coefficient (Wildman–Crippen LogP) is 2.19. The zero-order valence-corrected chi connectivity index (χ0v) is 25.1. The van der Waals surface area contributed by atoms with E-state index in [1.54, 1.807) is 68.0 Å². The molecule has 2 aliphatic heterocycles. The van der Waals surface area contributed by atoms with Crippen molar-refractivity contribution >= 4 is 33.9 Å². The molecule has 2 N–H and O–H groups in total.